The molecule has 1 heterocycles. The van der Waals surface area contributed by atoms with Crippen molar-refractivity contribution in [3.63, 3.8) is 0 Å². The molecule has 1 unspecified atom stereocenters. The summed E-state index contributed by atoms with van der Waals surface area (Å²) in [5.41, 5.74) is 1.23. The van der Waals surface area contributed by atoms with Crippen LogP contribution in [0.1, 0.15) is 19.8 Å². The fraction of sp³-hybridized carbons (Fsp3) is 0.647. The minimum absolute atomic E-state index is 0.625. The largest absolute Gasteiger partial charge is 0.495 e. The highest BCUT2D eigenvalue weighted by Crippen LogP contribution is 2.28. The number of anilines is 1. The molecule has 1 fully saturated rings. The first-order valence-electron chi connectivity index (χ1n) is 8.02. The quantitative estimate of drug-likeness (QED) is 0.833. The standard InChI is InChI=1S/C17H29N3O/c1-15(18-2)7-6-10-19-11-13-20(14-12-19)16-8-4-5-9-17(16)21-3/h4-5,8-9,15,18H,6-7,10-14H2,1-3H3. The Bertz CT molecular complexity index is 416. The number of benzene rings is 1. The molecule has 1 aromatic carbocycles. The number of hydrogen-bond acceptors (Lipinski definition) is 4. The van der Waals surface area contributed by atoms with Gasteiger partial charge in [-0.3, -0.25) is 4.90 Å². The fourth-order valence-corrected chi connectivity index (χ4v) is 2.87. The van der Waals surface area contributed by atoms with Gasteiger partial charge < -0.3 is 15.0 Å². The number of piperazine rings is 1. The molecule has 1 N–H and O–H groups in total. The van der Waals surface area contributed by atoms with Crippen molar-refractivity contribution < 1.29 is 4.74 Å². The van der Waals surface area contributed by atoms with Crippen molar-refractivity contribution >= 4 is 5.69 Å². The number of ether oxygens (including phenoxy) is 1. The van der Waals surface area contributed by atoms with Crippen molar-refractivity contribution in [1.29, 1.82) is 0 Å². The first-order valence-corrected chi connectivity index (χ1v) is 8.02. The minimum Gasteiger partial charge on any atom is -0.495 e. The predicted octanol–water partition coefficient (Wildman–Crippen LogP) is 2.21. The van der Waals surface area contributed by atoms with E-state index in [0.717, 1.165) is 31.9 Å². The van der Waals surface area contributed by atoms with Crippen molar-refractivity contribution in [2.45, 2.75) is 25.8 Å². The summed E-state index contributed by atoms with van der Waals surface area (Å²) in [5.74, 6) is 0.980. The van der Waals surface area contributed by atoms with Gasteiger partial charge in [0.1, 0.15) is 5.75 Å². The second-order valence-corrected chi connectivity index (χ2v) is 5.83. The molecule has 0 aliphatic carbocycles. The van der Waals surface area contributed by atoms with Crippen molar-refractivity contribution in [3.05, 3.63) is 24.3 Å². The van der Waals surface area contributed by atoms with E-state index in [-0.39, 0.29) is 0 Å². The maximum absolute atomic E-state index is 5.47. The van der Waals surface area contributed by atoms with Gasteiger partial charge in [0.15, 0.2) is 0 Å². The van der Waals surface area contributed by atoms with Gasteiger partial charge >= 0.3 is 0 Å². The van der Waals surface area contributed by atoms with E-state index in [0.29, 0.717) is 6.04 Å². The lowest BCUT2D eigenvalue weighted by Crippen LogP contribution is -2.46. The molecule has 0 aromatic heterocycles. The second-order valence-electron chi connectivity index (χ2n) is 5.83. The van der Waals surface area contributed by atoms with Gasteiger partial charge in [-0.1, -0.05) is 12.1 Å². The van der Waals surface area contributed by atoms with Crippen molar-refractivity contribution in [1.82, 2.24) is 10.2 Å². The maximum Gasteiger partial charge on any atom is 0.142 e. The maximum atomic E-state index is 5.47. The van der Waals surface area contributed by atoms with Gasteiger partial charge in [0.05, 0.1) is 12.8 Å². The molecule has 1 atom stereocenters. The zero-order valence-electron chi connectivity index (χ0n) is 13.6. The molecule has 0 amide bonds. The Kier molecular flexibility index (Phi) is 6.33. The first-order chi connectivity index (χ1) is 10.2. The van der Waals surface area contributed by atoms with Crippen molar-refractivity contribution in [2.24, 2.45) is 0 Å². The zero-order valence-corrected chi connectivity index (χ0v) is 13.6. The Labute approximate surface area is 129 Å². The van der Waals surface area contributed by atoms with Gasteiger partial charge in [0.2, 0.25) is 0 Å². The molecule has 0 spiro atoms. The average Bonchev–Trinajstić information content (AvgIpc) is 2.55. The second kappa shape index (κ2) is 8.25. The lowest BCUT2D eigenvalue weighted by molar-refractivity contribution is 0.249. The summed E-state index contributed by atoms with van der Waals surface area (Å²) in [6.45, 7) is 7.92. The van der Waals surface area contributed by atoms with Crippen molar-refractivity contribution in [3.8, 4) is 5.75 Å². The first kappa shape index (κ1) is 16.1. The molecule has 0 radical (unpaired) electrons. The Balaban J connectivity index is 1.78. The van der Waals surface area contributed by atoms with Gasteiger partial charge in [-0.2, -0.15) is 0 Å². The number of rotatable bonds is 7. The van der Waals surface area contributed by atoms with Gasteiger partial charge in [-0.15, -0.1) is 0 Å². The average molecular weight is 291 g/mol. The molecule has 1 aliphatic rings. The Morgan fingerprint density at radius 1 is 1.19 bits per heavy atom. The lowest BCUT2D eigenvalue weighted by atomic mass is 10.1. The summed E-state index contributed by atoms with van der Waals surface area (Å²) >= 11 is 0. The molecule has 21 heavy (non-hydrogen) atoms. The van der Waals surface area contributed by atoms with Crippen LogP contribution in [0.15, 0.2) is 24.3 Å². The number of para-hydroxylation sites is 2. The number of hydrogen-bond donors (Lipinski definition) is 1. The van der Waals surface area contributed by atoms with Gasteiger partial charge in [-0.25, -0.2) is 0 Å². The minimum atomic E-state index is 0.625. The summed E-state index contributed by atoms with van der Waals surface area (Å²) in [7, 11) is 3.79. The van der Waals surface area contributed by atoms with Crippen LogP contribution in [0.25, 0.3) is 0 Å². The lowest BCUT2D eigenvalue weighted by Gasteiger charge is -2.36. The molecule has 1 saturated heterocycles. The highest BCUT2D eigenvalue weighted by Gasteiger charge is 2.19. The van der Waals surface area contributed by atoms with E-state index < -0.39 is 0 Å². The summed E-state index contributed by atoms with van der Waals surface area (Å²) in [5, 5.41) is 3.30. The van der Waals surface area contributed by atoms with E-state index >= 15 is 0 Å². The van der Waals surface area contributed by atoms with E-state index in [1.54, 1.807) is 7.11 Å². The fourth-order valence-electron chi connectivity index (χ4n) is 2.87. The smallest absolute Gasteiger partial charge is 0.142 e. The van der Waals surface area contributed by atoms with Gasteiger partial charge in [0, 0.05) is 32.2 Å². The van der Waals surface area contributed by atoms with Crippen LogP contribution in [0, 0.1) is 0 Å². The van der Waals surface area contributed by atoms with Crippen LogP contribution in [-0.4, -0.2) is 57.8 Å². The number of nitrogens with one attached hydrogen (secondary N) is 1. The van der Waals surface area contributed by atoms with Crippen LogP contribution in [0.2, 0.25) is 0 Å². The van der Waals surface area contributed by atoms with E-state index in [1.165, 1.54) is 25.1 Å². The van der Waals surface area contributed by atoms with E-state index in [9.17, 15) is 0 Å². The molecular weight excluding hydrogens is 262 g/mol. The van der Waals surface area contributed by atoms with Crippen LogP contribution in [0.3, 0.4) is 0 Å². The topological polar surface area (TPSA) is 27.7 Å². The van der Waals surface area contributed by atoms with Crippen LogP contribution in [0.4, 0.5) is 5.69 Å². The Morgan fingerprint density at radius 2 is 1.90 bits per heavy atom. The van der Waals surface area contributed by atoms with Crippen molar-refractivity contribution in [2.75, 3.05) is 51.8 Å². The summed E-state index contributed by atoms with van der Waals surface area (Å²) in [4.78, 5) is 5.01. The Hall–Kier alpha value is -1.26. The molecule has 4 nitrogen and oxygen atoms in total. The third-order valence-corrected chi connectivity index (χ3v) is 4.40. The van der Waals surface area contributed by atoms with Crippen LogP contribution in [0.5, 0.6) is 5.75 Å². The molecule has 4 heteroatoms. The molecule has 1 aliphatic heterocycles. The Morgan fingerprint density at radius 3 is 2.57 bits per heavy atom. The summed E-state index contributed by atoms with van der Waals surface area (Å²) in [6, 6.07) is 8.94. The number of methoxy groups -OCH3 is 1. The SMILES string of the molecule is CNC(C)CCCN1CCN(c2ccccc2OC)CC1. The highest BCUT2D eigenvalue weighted by atomic mass is 16.5. The van der Waals surface area contributed by atoms with Crippen LogP contribution < -0.4 is 15.0 Å². The third kappa shape index (κ3) is 4.61. The van der Waals surface area contributed by atoms with Crippen LogP contribution in [-0.2, 0) is 0 Å². The molecule has 0 bridgehead atoms. The monoisotopic (exact) mass is 291 g/mol. The van der Waals surface area contributed by atoms with E-state index in [2.05, 4.69) is 34.2 Å². The molecule has 2 rings (SSSR count). The van der Waals surface area contributed by atoms with E-state index in [4.69, 9.17) is 4.74 Å². The molecule has 1 aromatic rings. The summed E-state index contributed by atoms with van der Waals surface area (Å²) in [6.07, 6.45) is 2.53. The van der Waals surface area contributed by atoms with Crippen LogP contribution >= 0.6 is 0 Å². The van der Waals surface area contributed by atoms with Gasteiger partial charge in [0.25, 0.3) is 0 Å². The third-order valence-electron chi connectivity index (χ3n) is 4.40. The molecule has 0 saturated carbocycles. The number of nitrogens with zero attached hydrogens (tertiary/aromatic N) is 2. The predicted molar refractivity (Wildman–Crippen MR) is 89.4 cm³/mol. The molecular formula is C17H29N3O. The summed E-state index contributed by atoms with van der Waals surface area (Å²) < 4.78 is 5.47. The zero-order chi connectivity index (χ0) is 15.1. The highest BCUT2D eigenvalue weighted by molar-refractivity contribution is 5.58. The normalized spacial score (nSPS) is 17.8. The van der Waals surface area contributed by atoms with Gasteiger partial charge in [-0.05, 0) is 45.5 Å². The molecule has 118 valence electrons. The van der Waals surface area contributed by atoms with E-state index in [1.807, 2.05) is 19.2 Å².